The molecule has 11 rings (SSSR count). The average Bonchev–Trinajstić information content (AvgIpc) is 3.46. The molecule has 8 nitrogen and oxygen atoms in total. The van der Waals surface area contributed by atoms with Gasteiger partial charge in [0.15, 0.2) is 0 Å². The van der Waals surface area contributed by atoms with Crippen LogP contribution in [0.3, 0.4) is 0 Å². The zero-order valence-electron chi connectivity index (χ0n) is 42.6. The van der Waals surface area contributed by atoms with Gasteiger partial charge in [0.25, 0.3) is 0 Å². The smallest absolute Gasteiger partial charge is 0.143 e. The minimum atomic E-state index is -0.284. The number of piperidine rings is 2. The Labute approximate surface area is 450 Å². The van der Waals surface area contributed by atoms with Crippen molar-refractivity contribution in [3.8, 4) is 68.2 Å². The lowest BCUT2D eigenvalue weighted by Crippen LogP contribution is -2.33. The lowest BCUT2D eigenvalue weighted by atomic mass is 9.99. The van der Waals surface area contributed by atoms with Crippen LogP contribution in [0.15, 0.2) is 188 Å². The van der Waals surface area contributed by atoms with Crippen molar-refractivity contribution in [3.05, 3.63) is 205 Å². The molecule has 0 spiro atoms. The van der Waals surface area contributed by atoms with E-state index in [2.05, 4.69) is 15.9 Å². The number of halogens is 3. The zero-order chi connectivity index (χ0) is 51.2. The lowest BCUT2D eigenvalue weighted by molar-refractivity contribution is 0.183. The van der Waals surface area contributed by atoms with Gasteiger partial charge in [0, 0.05) is 35.0 Å². The van der Waals surface area contributed by atoms with E-state index in [0.717, 1.165) is 106 Å². The number of hydrogen-bond acceptors (Lipinski definition) is 8. The molecular formula is C65H63ClF2N2O6. The maximum atomic E-state index is 13.7. The summed E-state index contributed by atoms with van der Waals surface area (Å²) in [4.78, 5) is 4.92. The first-order chi connectivity index (χ1) is 36.9. The second kappa shape index (κ2) is 26.2. The summed E-state index contributed by atoms with van der Waals surface area (Å²) in [6.45, 7) is 8.39. The first-order valence-electron chi connectivity index (χ1n) is 26.1. The highest BCUT2D eigenvalue weighted by Gasteiger charge is 2.17. The average molecular weight is 1040 g/mol. The number of ether oxygens (including phenoxy) is 5. The van der Waals surface area contributed by atoms with Gasteiger partial charge in [-0.2, -0.15) is 0 Å². The van der Waals surface area contributed by atoms with Crippen molar-refractivity contribution in [2.24, 2.45) is 0 Å². The topological polar surface area (TPSA) is 72.9 Å². The molecule has 0 atom stereocenters. The molecule has 390 valence electrons. The number of phenols is 1. The van der Waals surface area contributed by atoms with Gasteiger partial charge < -0.3 is 28.8 Å². The van der Waals surface area contributed by atoms with E-state index in [4.69, 9.17) is 23.7 Å². The van der Waals surface area contributed by atoms with E-state index < -0.39 is 0 Å². The van der Waals surface area contributed by atoms with Gasteiger partial charge in [-0.05, 0) is 201 Å². The number of aromatic hydroxyl groups is 1. The monoisotopic (exact) mass is 1040 g/mol. The molecule has 0 saturated carbocycles. The fourth-order valence-electron chi connectivity index (χ4n) is 9.73. The number of phenolic OH excluding ortho intramolecular Hbond substituents is 1. The Morgan fingerprint density at radius 3 is 1.33 bits per heavy atom. The normalized spacial score (nSPS) is 13.8. The molecule has 76 heavy (non-hydrogen) atoms. The van der Waals surface area contributed by atoms with Gasteiger partial charge in [0.2, 0.25) is 0 Å². The second-order valence-corrected chi connectivity index (χ2v) is 19.1. The van der Waals surface area contributed by atoms with Crippen molar-refractivity contribution < 1.29 is 37.6 Å². The molecule has 11 heteroatoms. The number of benzene rings is 9. The van der Waals surface area contributed by atoms with E-state index >= 15 is 0 Å². The van der Waals surface area contributed by atoms with E-state index in [-0.39, 0.29) is 29.8 Å². The molecule has 9 aromatic rings. The van der Waals surface area contributed by atoms with E-state index in [1.54, 1.807) is 36.4 Å². The molecule has 0 bridgehead atoms. The van der Waals surface area contributed by atoms with Crippen LogP contribution in [0, 0.1) is 11.6 Å². The maximum absolute atomic E-state index is 13.7. The standard InChI is InChI=1S/C36H34FNO3.C29H28FNO3.ClH/c37-30-12-9-28(10-13-30)34-19-11-29-25-33(40-26-27-7-3-1-4-8-27)18-20-35(29)36(34)41-32-16-14-31(15-17-32)39-24-23-38-21-5-2-6-22-38;30-23-7-4-21(5-8-23)27-14-6-22-20-24(32)9-15-28(22)29(27)34-26-12-10-25(11-13-26)33-19-18-31-16-2-1-3-17-31;/h1,3-4,7-20,25H,2,5-6,21-24,26H2;4-15,20,32H,1-3,16-19H2;1H. The summed E-state index contributed by atoms with van der Waals surface area (Å²) >= 11 is 0. The Hall–Kier alpha value is -7.63. The van der Waals surface area contributed by atoms with Gasteiger partial charge in [-0.1, -0.05) is 79.6 Å². The molecule has 2 saturated heterocycles. The Bertz CT molecular complexity index is 3260. The van der Waals surface area contributed by atoms with E-state index in [1.807, 2.05) is 121 Å². The summed E-state index contributed by atoms with van der Waals surface area (Å²) in [5, 5.41) is 13.6. The highest BCUT2D eigenvalue weighted by Crippen LogP contribution is 2.43. The van der Waals surface area contributed by atoms with Crippen LogP contribution < -0.4 is 23.7 Å². The summed E-state index contributed by atoms with van der Waals surface area (Å²) in [5.74, 6) is 4.80. The first kappa shape index (κ1) is 53.2. The minimum Gasteiger partial charge on any atom is -0.508 e. The predicted molar refractivity (Wildman–Crippen MR) is 303 cm³/mol. The van der Waals surface area contributed by atoms with Crippen LogP contribution in [0.5, 0.6) is 46.0 Å². The molecule has 2 aliphatic heterocycles. The molecule has 1 N–H and O–H groups in total. The molecule has 2 aliphatic rings. The number of likely N-dealkylation sites (tertiary alicyclic amines) is 2. The third-order valence-electron chi connectivity index (χ3n) is 13.8. The van der Waals surface area contributed by atoms with Crippen LogP contribution in [0.1, 0.15) is 44.1 Å². The van der Waals surface area contributed by atoms with Gasteiger partial charge in [-0.15, -0.1) is 12.4 Å². The molecule has 9 aromatic carbocycles. The second-order valence-electron chi connectivity index (χ2n) is 19.1. The van der Waals surface area contributed by atoms with Crippen LogP contribution >= 0.6 is 12.4 Å². The highest BCUT2D eigenvalue weighted by molar-refractivity contribution is 5.97. The predicted octanol–water partition coefficient (Wildman–Crippen LogP) is 16.3. The fourth-order valence-corrected chi connectivity index (χ4v) is 9.73. The van der Waals surface area contributed by atoms with E-state index in [1.165, 1.54) is 62.8 Å². The number of nitrogens with zero attached hydrogens (tertiary/aromatic N) is 2. The number of fused-ring (bicyclic) bond motifs is 2. The molecule has 0 amide bonds. The van der Waals surface area contributed by atoms with Crippen LogP contribution in [0.2, 0.25) is 0 Å². The third-order valence-corrected chi connectivity index (χ3v) is 13.8. The third kappa shape index (κ3) is 14.2. The van der Waals surface area contributed by atoms with Gasteiger partial charge in [0.1, 0.15) is 77.5 Å². The Morgan fingerprint density at radius 2 is 0.842 bits per heavy atom. The van der Waals surface area contributed by atoms with Crippen molar-refractivity contribution in [1.29, 1.82) is 0 Å². The maximum Gasteiger partial charge on any atom is 0.143 e. The van der Waals surface area contributed by atoms with Crippen molar-refractivity contribution >= 4 is 34.0 Å². The van der Waals surface area contributed by atoms with Gasteiger partial charge in [-0.25, -0.2) is 8.78 Å². The van der Waals surface area contributed by atoms with Gasteiger partial charge >= 0.3 is 0 Å². The Morgan fingerprint density at radius 1 is 0.408 bits per heavy atom. The summed E-state index contributed by atoms with van der Waals surface area (Å²) < 4.78 is 58.1. The summed E-state index contributed by atoms with van der Waals surface area (Å²) in [6.07, 6.45) is 7.78. The lowest BCUT2D eigenvalue weighted by Gasteiger charge is -2.26. The molecule has 2 heterocycles. The van der Waals surface area contributed by atoms with E-state index in [9.17, 15) is 13.9 Å². The molecule has 0 unspecified atom stereocenters. The van der Waals surface area contributed by atoms with Crippen LogP contribution in [0.25, 0.3) is 43.8 Å². The molecule has 2 fully saturated rings. The first-order valence-corrected chi connectivity index (χ1v) is 26.1. The zero-order valence-corrected chi connectivity index (χ0v) is 43.4. The molecule has 0 aromatic heterocycles. The Balaban J connectivity index is 0.000000186. The number of hydrogen-bond donors (Lipinski definition) is 1. The molecule has 0 radical (unpaired) electrons. The summed E-state index contributed by atoms with van der Waals surface area (Å²) in [7, 11) is 0. The Kier molecular flexibility index (Phi) is 18.4. The summed E-state index contributed by atoms with van der Waals surface area (Å²) in [5.41, 5.74) is 4.58. The van der Waals surface area contributed by atoms with Crippen molar-refractivity contribution in [1.82, 2.24) is 9.80 Å². The van der Waals surface area contributed by atoms with Gasteiger partial charge in [0.05, 0.1) is 0 Å². The summed E-state index contributed by atoms with van der Waals surface area (Å²) in [6, 6.07) is 57.5. The highest BCUT2D eigenvalue weighted by atomic mass is 35.5. The van der Waals surface area contributed by atoms with Crippen LogP contribution in [0.4, 0.5) is 8.78 Å². The van der Waals surface area contributed by atoms with Crippen molar-refractivity contribution in [2.45, 2.75) is 45.1 Å². The van der Waals surface area contributed by atoms with Crippen LogP contribution in [-0.2, 0) is 6.61 Å². The van der Waals surface area contributed by atoms with Crippen molar-refractivity contribution in [3.63, 3.8) is 0 Å². The quantitative estimate of drug-likeness (QED) is 0.0967. The largest absolute Gasteiger partial charge is 0.508 e. The minimum absolute atomic E-state index is 0. The van der Waals surface area contributed by atoms with Crippen molar-refractivity contribution in [2.75, 3.05) is 52.5 Å². The molecule has 0 aliphatic carbocycles. The molecular weight excluding hydrogens is 978 g/mol. The number of rotatable bonds is 17. The van der Waals surface area contributed by atoms with E-state index in [0.29, 0.717) is 42.8 Å². The fraction of sp³-hybridized carbons (Fsp3) is 0.231. The van der Waals surface area contributed by atoms with Gasteiger partial charge in [-0.3, -0.25) is 9.80 Å². The SMILES string of the molecule is Cl.Fc1ccc(-c2ccc3cc(OCc4ccccc4)ccc3c2Oc2ccc(OCCN3CCCCC3)cc2)cc1.Oc1ccc2c(Oc3ccc(OCCN4CCCCC4)cc3)c(-c3ccc(F)cc3)ccc2c1. The van der Waals surface area contributed by atoms with Crippen LogP contribution in [-0.4, -0.2) is 67.4 Å².